The SMILES string of the molecule is O=C(c1sc2cc(Cl)ccc2c1Cl)N1CCCCCC1. The highest BCUT2D eigenvalue weighted by Crippen LogP contribution is 2.37. The van der Waals surface area contributed by atoms with Crippen molar-refractivity contribution in [2.24, 2.45) is 0 Å². The minimum Gasteiger partial charge on any atom is -0.338 e. The van der Waals surface area contributed by atoms with Crippen molar-refractivity contribution in [3.05, 3.63) is 33.1 Å². The van der Waals surface area contributed by atoms with Crippen LogP contribution in [0.1, 0.15) is 35.4 Å². The summed E-state index contributed by atoms with van der Waals surface area (Å²) < 4.78 is 0.973. The first-order valence-electron chi connectivity index (χ1n) is 6.83. The van der Waals surface area contributed by atoms with Crippen molar-refractivity contribution in [2.75, 3.05) is 13.1 Å². The first-order valence-corrected chi connectivity index (χ1v) is 8.41. The molecule has 2 aromatic rings. The maximum absolute atomic E-state index is 12.6. The second-order valence-electron chi connectivity index (χ2n) is 5.09. The van der Waals surface area contributed by atoms with Gasteiger partial charge in [-0.3, -0.25) is 4.79 Å². The standard InChI is InChI=1S/C15H15Cl2NOS/c16-10-5-6-11-12(9-10)20-14(13(11)17)15(19)18-7-3-1-2-4-8-18/h5-6,9H,1-4,7-8H2. The van der Waals surface area contributed by atoms with Crippen LogP contribution in [-0.2, 0) is 0 Å². The summed E-state index contributed by atoms with van der Waals surface area (Å²) in [4.78, 5) is 15.2. The number of hydrogen-bond donors (Lipinski definition) is 0. The van der Waals surface area contributed by atoms with Crippen molar-refractivity contribution in [1.82, 2.24) is 4.90 Å². The number of thiophene rings is 1. The molecule has 0 unspecified atom stereocenters. The normalized spacial score (nSPS) is 16.4. The molecule has 1 aromatic heterocycles. The highest BCUT2D eigenvalue weighted by atomic mass is 35.5. The van der Waals surface area contributed by atoms with Gasteiger partial charge in [0, 0.05) is 28.2 Å². The fourth-order valence-electron chi connectivity index (χ4n) is 2.59. The summed E-state index contributed by atoms with van der Waals surface area (Å²) in [5.41, 5.74) is 0. The van der Waals surface area contributed by atoms with Crippen LogP contribution in [0.15, 0.2) is 18.2 Å². The van der Waals surface area contributed by atoms with E-state index in [9.17, 15) is 4.79 Å². The van der Waals surface area contributed by atoms with Crippen molar-refractivity contribution in [2.45, 2.75) is 25.7 Å². The zero-order valence-corrected chi connectivity index (χ0v) is 13.3. The number of carbonyl (C=O) groups is 1. The predicted octanol–water partition coefficient (Wildman–Crippen LogP) is 5.22. The van der Waals surface area contributed by atoms with Gasteiger partial charge in [-0.25, -0.2) is 0 Å². The molecule has 1 aliphatic rings. The Balaban J connectivity index is 1.96. The topological polar surface area (TPSA) is 20.3 Å². The number of amides is 1. The number of benzene rings is 1. The Labute approximate surface area is 132 Å². The maximum Gasteiger partial charge on any atom is 0.265 e. The maximum atomic E-state index is 12.6. The molecule has 0 atom stereocenters. The summed E-state index contributed by atoms with van der Waals surface area (Å²) in [7, 11) is 0. The minimum atomic E-state index is 0.0641. The van der Waals surface area contributed by atoms with E-state index in [4.69, 9.17) is 23.2 Å². The van der Waals surface area contributed by atoms with E-state index in [0.717, 1.165) is 36.0 Å². The van der Waals surface area contributed by atoms with E-state index in [1.807, 2.05) is 23.1 Å². The summed E-state index contributed by atoms with van der Waals surface area (Å²) in [6, 6.07) is 5.56. The molecule has 2 nitrogen and oxygen atoms in total. The summed E-state index contributed by atoms with van der Waals surface area (Å²) in [6.07, 6.45) is 4.58. The van der Waals surface area contributed by atoms with Crippen LogP contribution in [0.4, 0.5) is 0 Å². The van der Waals surface area contributed by atoms with Crippen LogP contribution in [0.3, 0.4) is 0 Å². The van der Waals surface area contributed by atoms with Crippen molar-refractivity contribution in [3.63, 3.8) is 0 Å². The van der Waals surface area contributed by atoms with Gasteiger partial charge in [0.2, 0.25) is 0 Å². The number of hydrogen-bond acceptors (Lipinski definition) is 2. The van der Waals surface area contributed by atoms with E-state index in [0.29, 0.717) is 14.9 Å². The minimum absolute atomic E-state index is 0.0641. The van der Waals surface area contributed by atoms with Gasteiger partial charge < -0.3 is 4.90 Å². The summed E-state index contributed by atoms with van der Waals surface area (Å²) >= 11 is 13.8. The third kappa shape index (κ3) is 2.67. The average Bonchev–Trinajstić information content (AvgIpc) is 2.65. The number of nitrogens with zero attached hydrogens (tertiary/aromatic N) is 1. The van der Waals surface area contributed by atoms with Crippen molar-refractivity contribution in [3.8, 4) is 0 Å². The first kappa shape index (κ1) is 14.2. The quantitative estimate of drug-likeness (QED) is 0.702. The lowest BCUT2D eigenvalue weighted by molar-refractivity contribution is 0.0767. The van der Waals surface area contributed by atoms with Crippen LogP contribution in [0.5, 0.6) is 0 Å². The second-order valence-corrected chi connectivity index (χ2v) is 6.96. The van der Waals surface area contributed by atoms with Gasteiger partial charge in [0.05, 0.1) is 5.02 Å². The van der Waals surface area contributed by atoms with Gasteiger partial charge >= 0.3 is 0 Å². The van der Waals surface area contributed by atoms with E-state index in [1.54, 1.807) is 0 Å². The molecule has 3 rings (SSSR count). The summed E-state index contributed by atoms with van der Waals surface area (Å²) in [5, 5.41) is 2.15. The Kier molecular flexibility index (Phi) is 4.20. The molecule has 1 saturated heterocycles. The molecule has 1 fully saturated rings. The Morgan fingerprint density at radius 3 is 2.50 bits per heavy atom. The van der Waals surface area contributed by atoms with Gasteiger partial charge in [-0.2, -0.15) is 0 Å². The number of fused-ring (bicyclic) bond motifs is 1. The number of rotatable bonds is 1. The van der Waals surface area contributed by atoms with Crippen molar-refractivity contribution in [1.29, 1.82) is 0 Å². The third-order valence-corrected chi connectivity index (χ3v) is 5.56. The zero-order valence-electron chi connectivity index (χ0n) is 11.0. The number of likely N-dealkylation sites (tertiary alicyclic amines) is 1. The fourth-order valence-corrected chi connectivity index (χ4v) is 4.35. The van der Waals surface area contributed by atoms with Crippen molar-refractivity contribution < 1.29 is 4.79 Å². The lowest BCUT2D eigenvalue weighted by Gasteiger charge is -2.19. The monoisotopic (exact) mass is 327 g/mol. The zero-order chi connectivity index (χ0) is 14.1. The van der Waals surface area contributed by atoms with Crippen LogP contribution < -0.4 is 0 Å². The average molecular weight is 328 g/mol. The van der Waals surface area contributed by atoms with Gasteiger partial charge in [-0.15, -0.1) is 11.3 Å². The fraction of sp³-hybridized carbons (Fsp3) is 0.400. The van der Waals surface area contributed by atoms with Crippen molar-refractivity contribution >= 4 is 50.5 Å². The summed E-state index contributed by atoms with van der Waals surface area (Å²) in [6.45, 7) is 1.67. The third-order valence-electron chi connectivity index (χ3n) is 3.68. The predicted molar refractivity (Wildman–Crippen MR) is 86.2 cm³/mol. The molecular weight excluding hydrogens is 313 g/mol. The number of carbonyl (C=O) groups excluding carboxylic acids is 1. The molecular formula is C15H15Cl2NOS. The highest BCUT2D eigenvalue weighted by molar-refractivity contribution is 7.21. The van der Waals surface area contributed by atoms with Crippen LogP contribution in [0.25, 0.3) is 10.1 Å². The molecule has 1 aromatic carbocycles. The molecule has 0 spiro atoms. The van der Waals surface area contributed by atoms with Gasteiger partial charge in [-0.1, -0.05) is 42.1 Å². The highest BCUT2D eigenvalue weighted by Gasteiger charge is 2.23. The van der Waals surface area contributed by atoms with E-state index in [1.165, 1.54) is 24.2 Å². The van der Waals surface area contributed by atoms with Crippen LogP contribution >= 0.6 is 34.5 Å². The molecule has 2 heterocycles. The van der Waals surface area contributed by atoms with E-state index < -0.39 is 0 Å². The molecule has 0 N–H and O–H groups in total. The van der Waals surface area contributed by atoms with Gasteiger partial charge in [0.15, 0.2) is 0 Å². The molecule has 0 saturated carbocycles. The smallest absolute Gasteiger partial charge is 0.265 e. The van der Waals surface area contributed by atoms with Gasteiger partial charge in [-0.05, 0) is 25.0 Å². The van der Waals surface area contributed by atoms with E-state index in [-0.39, 0.29) is 5.91 Å². The Hall–Kier alpha value is -0.770. The number of halogens is 2. The molecule has 20 heavy (non-hydrogen) atoms. The van der Waals surface area contributed by atoms with E-state index in [2.05, 4.69) is 0 Å². The molecule has 0 radical (unpaired) electrons. The Morgan fingerprint density at radius 2 is 1.80 bits per heavy atom. The van der Waals surface area contributed by atoms with E-state index >= 15 is 0 Å². The first-order chi connectivity index (χ1) is 9.66. The second kappa shape index (κ2) is 5.92. The molecule has 0 bridgehead atoms. The lowest BCUT2D eigenvalue weighted by atomic mass is 10.2. The molecule has 1 aliphatic heterocycles. The largest absolute Gasteiger partial charge is 0.338 e. The Morgan fingerprint density at radius 1 is 1.10 bits per heavy atom. The lowest BCUT2D eigenvalue weighted by Crippen LogP contribution is -2.31. The molecule has 0 aliphatic carbocycles. The molecule has 5 heteroatoms. The van der Waals surface area contributed by atoms with Crippen LogP contribution in [0.2, 0.25) is 10.0 Å². The molecule has 1 amide bonds. The van der Waals surface area contributed by atoms with Crippen LogP contribution in [-0.4, -0.2) is 23.9 Å². The summed E-state index contributed by atoms with van der Waals surface area (Å²) in [5.74, 6) is 0.0641. The van der Waals surface area contributed by atoms with Crippen LogP contribution in [0, 0.1) is 0 Å². The van der Waals surface area contributed by atoms with Gasteiger partial charge in [0.1, 0.15) is 4.88 Å². The molecule has 106 valence electrons. The van der Waals surface area contributed by atoms with Gasteiger partial charge in [0.25, 0.3) is 5.91 Å². The Bertz CT molecular complexity index is 645.